The molecule has 1 rings (SSSR count). The van der Waals surface area contributed by atoms with Crippen LogP contribution in [-0.2, 0) is 11.2 Å². The maximum absolute atomic E-state index is 11.4. The van der Waals surface area contributed by atoms with Crippen molar-refractivity contribution >= 4 is 5.97 Å². The summed E-state index contributed by atoms with van der Waals surface area (Å²) in [6.45, 7) is 8.15. The zero-order valence-electron chi connectivity index (χ0n) is 11.7. The van der Waals surface area contributed by atoms with E-state index in [1.807, 2.05) is 32.9 Å². The third-order valence-corrected chi connectivity index (χ3v) is 2.65. The van der Waals surface area contributed by atoms with E-state index in [4.69, 9.17) is 4.74 Å². The lowest BCUT2D eigenvalue weighted by molar-refractivity contribution is 0.0600. The number of ether oxygens (including phenoxy) is 1. The van der Waals surface area contributed by atoms with Gasteiger partial charge in [0, 0.05) is 0 Å². The molecule has 96 valence electrons. The zero-order valence-corrected chi connectivity index (χ0v) is 11.7. The molecule has 0 radical (unpaired) electrons. The number of aryl methyl sites for hydroxylation is 1. The predicted molar refractivity (Wildman–Crippen MR) is 72.5 cm³/mol. The Hall–Kier alpha value is -1.31. The van der Waals surface area contributed by atoms with Crippen LogP contribution in [0.25, 0.3) is 0 Å². The Labute approximate surface area is 105 Å². The van der Waals surface area contributed by atoms with Gasteiger partial charge in [-0.15, -0.1) is 0 Å². The summed E-state index contributed by atoms with van der Waals surface area (Å²) in [5.41, 5.74) is 2.99. The van der Waals surface area contributed by atoms with E-state index >= 15 is 0 Å². The number of hydrogen-bond acceptors (Lipinski definition) is 2. The highest BCUT2D eigenvalue weighted by Gasteiger charge is 2.10. The molecular formula is C15H24O2. The number of rotatable bonds is 4. The van der Waals surface area contributed by atoms with Gasteiger partial charge in [0.05, 0.1) is 12.7 Å². The maximum atomic E-state index is 11.4. The Kier molecular flexibility index (Phi) is 8.12. The van der Waals surface area contributed by atoms with Gasteiger partial charge in [-0.05, 0) is 37.0 Å². The van der Waals surface area contributed by atoms with E-state index in [1.165, 1.54) is 19.1 Å². The normalized spacial score (nSPS) is 9.24. The van der Waals surface area contributed by atoms with Crippen molar-refractivity contribution in [2.75, 3.05) is 7.11 Å². The van der Waals surface area contributed by atoms with Crippen molar-refractivity contribution in [1.29, 1.82) is 0 Å². The Morgan fingerprint density at radius 2 is 1.94 bits per heavy atom. The van der Waals surface area contributed by atoms with Crippen molar-refractivity contribution in [1.82, 2.24) is 0 Å². The number of carbonyl (C=O) groups is 1. The van der Waals surface area contributed by atoms with Gasteiger partial charge in [-0.2, -0.15) is 0 Å². The summed E-state index contributed by atoms with van der Waals surface area (Å²) >= 11 is 0. The van der Waals surface area contributed by atoms with Crippen LogP contribution in [0.1, 0.15) is 55.1 Å². The lowest BCUT2D eigenvalue weighted by Gasteiger charge is -2.09. The van der Waals surface area contributed by atoms with Gasteiger partial charge in [0.15, 0.2) is 0 Å². The molecule has 2 nitrogen and oxygen atoms in total. The Morgan fingerprint density at radius 3 is 2.47 bits per heavy atom. The molecule has 0 saturated heterocycles. The molecule has 0 unspecified atom stereocenters. The Balaban J connectivity index is 0.00000121. The van der Waals surface area contributed by atoms with Gasteiger partial charge in [0.1, 0.15) is 0 Å². The molecule has 1 aromatic carbocycles. The molecule has 0 bridgehead atoms. The summed E-state index contributed by atoms with van der Waals surface area (Å²) in [5.74, 6) is -0.245. The quantitative estimate of drug-likeness (QED) is 0.734. The predicted octanol–water partition coefficient (Wildman–Crippen LogP) is 4.15. The van der Waals surface area contributed by atoms with E-state index in [0.717, 1.165) is 18.4 Å². The number of benzene rings is 1. The molecule has 2 heteroatoms. The lowest BCUT2D eigenvalue weighted by atomic mass is 9.98. The molecule has 0 N–H and O–H groups in total. The maximum Gasteiger partial charge on any atom is 0.338 e. The molecule has 0 heterocycles. The smallest absolute Gasteiger partial charge is 0.338 e. The molecule has 0 fully saturated rings. The molecule has 1 aromatic rings. The molecule has 0 amide bonds. The molecule has 0 atom stereocenters. The van der Waals surface area contributed by atoms with Crippen LogP contribution in [0.2, 0.25) is 0 Å². The summed E-state index contributed by atoms with van der Waals surface area (Å²) in [6, 6.07) is 5.82. The minimum absolute atomic E-state index is 0.245. The van der Waals surface area contributed by atoms with Crippen molar-refractivity contribution in [3.63, 3.8) is 0 Å². The second kappa shape index (κ2) is 8.80. The zero-order chi connectivity index (χ0) is 13.3. The van der Waals surface area contributed by atoms with Crippen LogP contribution in [0.5, 0.6) is 0 Å². The summed E-state index contributed by atoms with van der Waals surface area (Å²) in [4.78, 5) is 11.4. The van der Waals surface area contributed by atoms with Gasteiger partial charge in [-0.3, -0.25) is 0 Å². The van der Waals surface area contributed by atoms with Crippen molar-refractivity contribution in [2.45, 2.75) is 47.0 Å². The number of hydrogen-bond donors (Lipinski definition) is 0. The largest absolute Gasteiger partial charge is 0.465 e. The standard InChI is InChI=1S/C13H18O2.C2H6/c1-4-5-7-11-8-6-9-12(10(11)2)13(14)15-3;1-2/h6,8-9H,4-5,7H2,1-3H3;1-2H3. The SMILES string of the molecule is CC.CCCCc1cccc(C(=O)OC)c1C. The van der Waals surface area contributed by atoms with E-state index in [-0.39, 0.29) is 5.97 Å². The topological polar surface area (TPSA) is 26.3 Å². The van der Waals surface area contributed by atoms with Crippen molar-refractivity contribution in [2.24, 2.45) is 0 Å². The highest BCUT2D eigenvalue weighted by molar-refractivity contribution is 5.91. The van der Waals surface area contributed by atoms with Gasteiger partial charge in [-0.25, -0.2) is 4.79 Å². The van der Waals surface area contributed by atoms with Crippen LogP contribution in [-0.4, -0.2) is 13.1 Å². The highest BCUT2D eigenvalue weighted by atomic mass is 16.5. The van der Waals surface area contributed by atoms with Crippen molar-refractivity contribution in [3.8, 4) is 0 Å². The van der Waals surface area contributed by atoms with Crippen LogP contribution in [0.15, 0.2) is 18.2 Å². The van der Waals surface area contributed by atoms with E-state index < -0.39 is 0 Å². The first-order valence-electron chi connectivity index (χ1n) is 6.37. The Bertz CT molecular complexity index is 343. The van der Waals surface area contributed by atoms with Crippen LogP contribution in [0, 0.1) is 6.92 Å². The molecule has 0 aromatic heterocycles. The lowest BCUT2D eigenvalue weighted by Crippen LogP contribution is -2.05. The van der Waals surface area contributed by atoms with E-state index in [9.17, 15) is 4.79 Å². The van der Waals surface area contributed by atoms with Gasteiger partial charge in [0.25, 0.3) is 0 Å². The minimum atomic E-state index is -0.245. The third kappa shape index (κ3) is 4.59. The monoisotopic (exact) mass is 236 g/mol. The van der Waals surface area contributed by atoms with Crippen LogP contribution in [0.3, 0.4) is 0 Å². The van der Waals surface area contributed by atoms with Gasteiger partial charge in [0.2, 0.25) is 0 Å². The molecule has 0 aliphatic carbocycles. The third-order valence-electron chi connectivity index (χ3n) is 2.65. The van der Waals surface area contributed by atoms with Gasteiger partial charge < -0.3 is 4.74 Å². The first kappa shape index (κ1) is 15.7. The number of carbonyl (C=O) groups excluding carboxylic acids is 1. The first-order valence-corrected chi connectivity index (χ1v) is 6.37. The fourth-order valence-corrected chi connectivity index (χ4v) is 1.65. The Morgan fingerprint density at radius 1 is 1.29 bits per heavy atom. The molecular weight excluding hydrogens is 212 g/mol. The van der Waals surface area contributed by atoms with Crippen LogP contribution >= 0.6 is 0 Å². The van der Waals surface area contributed by atoms with Gasteiger partial charge >= 0.3 is 5.97 Å². The molecule has 0 saturated carbocycles. The number of unbranched alkanes of at least 4 members (excludes halogenated alkanes) is 1. The molecule has 0 aliphatic heterocycles. The summed E-state index contributed by atoms with van der Waals surface area (Å²) < 4.78 is 4.74. The second-order valence-corrected chi connectivity index (χ2v) is 3.68. The van der Waals surface area contributed by atoms with Crippen LogP contribution in [0.4, 0.5) is 0 Å². The van der Waals surface area contributed by atoms with Crippen molar-refractivity contribution < 1.29 is 9.53 Å². The molecule has 0 spiro atoms. The number of methoxy groups -OCH3 is 1. The summed E-state index contributed by atoms with van der Waals surface area (Å²) in [6.07, 6.45) is 3.36. The molecule has 17 heavy (non-hydrogen) atoms. The fraction of sp³-hybridized carbons (Fsp3) is 0.533. The van der Waals surface area contributed by atoms with E-state index in [1.54, 1.807) is 0 Å². The van der Waals surface area contributed by atoms with Crippen molar-refractivity contribution in [3.05, 3.63) is 34.9 Å². The average Bonchev–Trinajstić information content (AvgIpc) is 2.39. The minimum Gasteiger partial charge on any atom is -0.465 e. The highest BCUT2D eigenvalue weighted by Crippen LogP contribution is 2.16. The number of esters is 1. The van der Waals surface area contributed by atoms with Crippen LogP contribution < -0.4 is 0 Å². The van der Waals surface area contributed by atoms with E-state index in [2.05, 4.69) is 13.0 Å². The fourth-order valence-electron chi connectivity index (χ4n) is 1.65. The molecule has 0 aliphatic rings. The summed E-state index contributed by atoms with van der Waals surface area (Å²) in [7, 11) is 1.42. The second-order valence-electron chi connectivity index (χ2n) is 3.68. The average molecular weight is 236 g/mol. The van der Waals surface area contributed by atoms with E-state index in [0.29, 0.717) is 5.56 Å². The summed E-state index contributed by atoms with van der Waals surface area (Å²) in [5, 5.41) is 0. The first-order chi connectivity index (χ1) is 8.20. The van der Waals surface area contributed by atoms with Gasteiger partial charge in [-0.1, -0.05) is 39.3 Å².